The number of amides is 1. The summed E-state index contributed by atoms with van der Waals surface area (Å²) < 4.78 is 0. The lowest BCUT2D eigenvalue weighted by atomic mass is 10.0. The third-order valence-corrected chi connectivity index (χ3v) is 3.16. The van der Waals surface area contributed by atoms with Crippen LogP contribution in [-0.4, -0.2) is 23.0 Å². The van der Waals surface area contributed by atoms with E-state index in [-0.39, 0.29) is 0 Å². The highest BCUT2D eigenvalue weighted by Gasteiger charge is 2.18. The summed E-state index contributed by atoms with van der Waals surface area (Å²) in [5.41, 5.74) is 2.04. The van der Waals surface area contributed by atoms with Crippen LogP contribution in [0.4, 0.5) is 0 Å². The first-order valence-electron chi connectivity index (χ1n) is 6.94. The highest BCUT2D eigenvalue weighted by molar-refractivity contribution is 6.24. The number of carbonyl (C=O) groups is 2. The molecule has 2 N–H and O–H groups in total. The molecule has 112 valence electrons. The van der Waals surface area contributed by atoms with E-state index >= 15 is 0 Å². The van der Waals surface area contributed by atoms with Crippen molar-refractivity contribution in [1.82, 2.24) is 5.32 Å². The van der Waals surface area contributed by atoms with E-state index in [0.717, 1.165) is 11.1 Å². The van der Waals surface area contributed by atoms with E-state index in [0.29, 0.717) is 5.57 Å². The predicted octanol–water partition coefficient (Wildman–Crippen LogP) is 2.82. The molecule has 0 bridgehead atoms. The van der Waals surface area contributed by atoms with Gasteiger partial charge in [-0.15, -0.1) is 0 Å². The number of benzene rings is 2. The zero-order chi connectivity index (χ0) is 15.9. The molecule has 0 aliphatic rings. The molecule has 1 amide bonds. The van der Waals surface area contributed by atoms with Gasteiger partial charge in [0.05, 0.1) is 0 Å². The molecule has 4 nitrogen and oxygen atoms in total. The van der Waals surface area contributed by atoms with Crippen LogP contribution < -0.4 is 5.32 Å². The topological polar surface area (TPSA) is 66.4 Å². The molecule has 0 saturated carbocycles. The maximum Gasteiger partial charge on any atom is 0.325 e. The normalized spacial score (nSPS) is 12.5. The van der Waals surface area contributed by atoms with Gasteiger partial charge in [0.15, 0.2) is 0 Å². The first-order valence-corrected chi connectivity index (χ1v) is 6.94. The molecular formula is C18H17NO3. The van der Waals surface area contributed by atoms with Crippen molar-refractivity contribution in [2.75, 3.05) is 0 Å². The highest BCUT2D eigenvalue weighted by Crippen LogP contribution is 2.18. The molecular weight excluding hydrogens is 278 g/mol. The van der Waals surface area contributed by atoms with Crippen LogP contribution in [0.3, 0.4) is 0 Å². The number of carbonyl (C=O) groups excluding carboxylic acids is 1. The molecule has 0 aromatic heterocycles. The van der Waals surface area contributed by atoms with E-state index in [1.54, 1.807) is 6.08 Å². The molecule has 0 radical (unpaired) electrons. The third-order valence-electron chi connectivity index (χ3n) is 3.16. The largest absolute Gasteiger partial charge is 0.480 e. The van der Waals surface area contributed by atoms with E-state index < -0.39 is 17.9 Å². The Morgan fingerprint density at radius 1 is 1.00 bits per heavy atom. The minimum absolute atomic E-state index is 0.412. The van der Waals surface area contributed by atoms with Crippen molar-refractivity contribution < 1.29 is 14.7 Å². The lowest BCUT2D eigenvalue weighted by molar-refractivity contribution is -0.140. The van der Waals surface area contributed by atoms with Crippen LogP contribution in [0.1, 0.15) is 18.1 Å². The SMILES string of the molecule is C[C@@H](NC(=O)/C(=C/c1ccccc1)c1ccccc1)C(=O)O. The van der Waals surface area contributed by atoms with Crippen molar-refractivity contribution in [3.63, 3.8) is 0 Å². The van der Waals surface area contributed by atoms with Crippen LogP contribution in [0.5, 0.6) is 0 Å². The van der Waals surface area contributed by atoms with E-state index in [4.69, 9.17) is 5.11 Å². The summed E-state index contributed by atoms with van der Waals surface area (Å²) in [5.74, 6) is -1.48. The molecule has 0 spiro atoms. The number of hydrogen-bond donors (Lipinski definition) is 2. The highest BCUT2D eigenvalue weighted by atomic mass is 16.4. The number of rotatable bonds is 5. The number of hydrogen-bond acceptors (Lipinski definition) is 2. The molecule has 2 aromatic carbocycles. The Morgan fingerprint density at radius 2 is 1.55 bits per heavy atom. The molecule has 1 atom stereocenters. The van der Waals surface area contributed by atoms with Crippen molar-refractivity contribution in [3.05, 3.63) is 71.8 Å². The van der Waals surface area contributed by atoms with Gasteiger partial charge >= 0.3 is 5.97 Å². The summed E-state index contributed by atoms with van der Waals surface area (Å²) in [6.45, 7) is 1.44. The maximum absolute atomic E-state index is 12.4. The first-order chi connectivity index (χ1) is 10.6. The fourth-order valence-corrected chi connectivity index (χ4v) is 1.95. The van der Waals surface area contributed by atoms with Crippen LogP contribution in [0.15, 0.2) is 60.7 Å². The average Bonchev–Trinajstić information content (AvgIpc) is 2.54. The van der Waals surface area contributed by atoms with Gasteiger partial charge in [0, 0.05) is 5.57 Å². The van der Waals surface area contributed by atoms with Gasteiger partial charge in [-0.1, -0.05) is 60.7 Å². The number of carboxylic acid groups (broad SMARTS) is 1. The van der Waals surface area contributed by atoms with E-state index in [1.807, 2.05) is 60.7 Å². The predicted molar refractivity (Wildman–Crippen MR) is 86.0 cm³/mol. The van der Waals surface area contributed by atoms with E-state index in [9.17, 15) is 9.59 Å². The van der Waals surface area contributed by atoms with E-state index in [2.05, 4.69) is 5.32 Å². The molecule has 22 heavy (non-hydrogen) atoms. The van der Waals surface area contributed by atoms with E-state index in [1.165, 1.54) is 6.92 Å². The second kappa shape index (κ2) is 7.22. The second-order valence-corrected chi connectivity index (χ2v) is 4.87. The smallest absolute Gasteiger partial charge is 0.325 e. The molecule has 2 rings (SSSR count). The fourth-order valence-electron chi connectivity index (χ4n) is 1.95. The second-order valence-electron chi connectivity index (χ2n) is 4.87. The minimum atomic E-state index is -1.07. The van der Waals surface area contributed by atoms with Crippen molar-refractivity contribution in [3.8, 4) is 0 Å². The van der Waals surface area contributed by atoms with Crippen molar-refractivity contribution in [2.45, 2.75) is 13.0 Å². The molecule has 0 fully saturated rings. The molecule has 0 aliphatic carbocycles. The fraction of sp³-hybridized carbons (Fsp3) is 0.111. The Bertz CT molecular complexity index is 678. The Kier molecular flexibility index (Phi) is 5.09. The molecule has 2 aromatic rings. The maximum atomic E-state index is 12.4. The lowest BCUT2D eigenvalue weighted by Gasteiger charge is -2.12. The summed E-state index contributed by atoms with van der Waals surface area (Å²) in [4.78, 5) is 23.3. The summed E-state index contributed by atoms with van der Waals surface area (Å²) in [6, 6.07) is 17.7. The molecule has 4 heteroatoms. The average molecular weight is 295 g/mol. The van der Waals surface area contributed by atoms with Crippen LogP contribution >= 0.6 is 0 Å². The molecule has 0 aliphatic heterocycles. The summed E-state index contributed by atoms with van der Waals surface area (Å²) >= 11 is 0. The number of carboxylic acids is 1. The minimum Gasteiger partial charge on any atom is -0.480 e. The standard InChI is InChI=1S/C18H17NO3/c1-13(18(21)22)19-17(20)16(15-10-6-3-7-11-15)12-14-8-4-2-5-9-14/h2-13H,1H3,(H,19,20)(H,21,22)/b16-12+/t13-/m1/s1. The van der Waals surface area contributed by atoms with Gasteiger partial charge in [0.25, 0.3) is 5.91 Å². The summed E-state index contributed by atoms with van der Waals surface area (Å²) in [7, 11) is 0. The van der Waals surface area contributed by atoms with Gasteiger partial charge in [0.2, 0.25) is 0 Å². The van der Waals surface area contributed by atoms with Crippen LogP contribution in [0.2, 0.25) is 0 Å². The number of aliphatic carboxylic acids is 1. The molecule has 0 unspecified atom stereocenters. The van der Waals surface area contributed by atoms with Crippen molar-refractivity contribution in [1.29, 1.82) is 0 Å². The lowest BCUT2D eigenvalue weighted by Crippen LogP contribution is -2.38. The summed E-state index contributed by atoms with van der Waals surface area (Å²) in [5, 5.41) is 11.4. The third kappa shape index (κ3) is 4.06. The van der Waals surface area contributed by atoms with Gasteiger partial charge in [-0.05, 0) is 24.1 Å². The quantitative estimate of drug-likeness (QED) is 0.658. The molecule has 0 heterocycles. The zero-order valence-corrected chi connectivity index (χ0v) is 12.2. The van der Waals surface area contributed by atoms with Crippen molar-refractivity contribution in [2.24, 2.45) is 0 Å². The zero-order valence-electron chi connectivity index (χ0n) is 12.2. The Labute approximate surface area is 129 Å². The Balaban J connectivity index is 2.36. The van der Waals surface area contributed by atoms with Crippen molar-refractivity contribution >= 4 is 23.5 Å². The Morgan fingerprint density at radius 3 is 2.09 bits per heavy atom. The van der Waals surface area contributed by atoms with Crippen LogP contribution in [0, 0.1) is 0 Å². The summed E-state index contributed by atoms with van der Waals surface area (Å²) in [6.07, 6.45) is 1.75. The van der Waals surface area contributed by atoms with Gasteiger partial charge in [-0.3, -0.25) is 9.59 Å². The Hall–Kier alpha value is -2.88. The van der Waals surface area contributed by atoms with Crippen LogP contribution in [-0.2, 0) is 9.59 Å². The van der Waals surface area contributed by atoms with Gasteiger partial charge in [-0.25, -0.2) is 0 Å². The van der Waals surface area contributed by atoms with Crippen LogP contribution in [0.25, 0.3) is 11.6 Å². The van der Waals surface area contributed by atoms with Gasteiger partial charge < -0.3 is 10.4 Å². The van der Waals surface area contributed by atoms with Gasteiger partial charge in [-0.2, -0.15) is 0 Å². The first kappa shape index (κ1) is 15.5. The number of nitrogens with one attached hydrogen (secondary N) is 1. The molecule has 0 saturated heterocycles. The monoisotopic (exact) mass is 295 g/mol. The van der Waals surface area contributed by atoms with Gasteiger partial charge in [0.1, 0.15) is 6.04 Å².